The van der Waals surface area contributed by atoms with Crippen molar-refractivity contribution in [2.75, 3.05) is 50.6 Å². The largest absolute Gasteiger partial charge is 0.489 e. The Morgan fingerprint density at radius 2 is 1.97 bits per heavy atom. The third-order valence-electron chi connectivity index (χ3n) is 3.75. The number of nitrogens with zero attached hydrogens (tertiary/aromatic N) is 3. The van der Waals surface area contributed by atoms with Gasteiger partial charge in [-0.3, -0.25) is 4.79 Å². The molecule has 162 valence electrons. The maximum atomic E-state index is 12.5. The lowest BCUT2D eigenvalue weighted by Crippen LogP contribution is -2.35. The van der Waals surface area contributed by atoms with Crippen molar-refractivity contribution in [1.82, 2.24) is 14.9 Å². The van der Waals surface area contributed by atoms with Crippen LogP contribution in [0.25, 0.3) is 0 Å². The number of nitrogens with one attached hydrogen (secondary N) is 1. The maximum absolute atomic E-state index is 12.5. The Morgan fingerprint density at radius 3 is 2.70 bits per heavy atom. The minimum atomic E-state index is -1.12. The summed E-state index contributed by atoms with van der Waals surface area (Å²) < 4.78 is 11.4. The number of ether oxygens (including phenoxy) is 2. The second-order valence-electron chi connectivity index (χ2n) is 5.83. The minimum Gasteiger partial charge on any atom is -0.489 e. The van der Waals surface area contributed by atoms with Crippen LogP contribution in [0.4, 0.5) is 16.3 Å². The Labute approximate surface area is 181 Å². The average Bonchev–Trinajstić information content (AvgIpc) is 2.72. The molecule has 11 nitrogen and oxygen atoms in total. The lowest BCUT2D eigenvalue weighted by atomic mass is 10.2. The number of hydrogen-bond acceptors (Lipinski definition) is 8. The Kier molecular flexibility index (Phi) is 9.25. The predicted octanol–water partition coefficient (Wildman–Crippen LogP) is 1.44. The van der Waals surface area contributed by atoms with E-state index < -0.39 is 12.0 Å². The summed E-state index contributed by atoms with van der Waals surface area (Å²) in [6.07, 6.45) is 0.271. The molecule has 1 heterocycles. The molecule has 5 N–H and O–H groups in total. The smallest absolute Gasteiger partial charge is 0.407 e. The van der Waals surface area contributed by atoms with E-state index in [2.05, 4.69) is 31.2 Å². The van der Waals surface area contributed by atoms with Gasteiger partial charge < -0.3 is 35.6 Å². The molecule has 30 heavy (non-hydrogen) atoms. The number of carboxylic acid groups (broad SMARTS) is 1. The number of nitrogen functional groups attached to an aromatic ring is 1. The molecule has 0 aliphatic rings. The average molecular weight is 484 g/mol. The van der Waals surface area contributed by atoms with Crippen LogP contribution in [-0.4, -0.2) is 76.6 Å². The van der Waals surface area contributed by atoms with Crippen LogP contribution in [-0.2, 0) is 4.74 Å². The summed E-state index contributed by atoms with van der Waals surface area (Å²) in [5.41, 5.74) is 6.11. The van der Waals surface area contributed by atoms with Crippen LogP contribution in [0.1, 0.15) is 10.5 Å². The minimum absolute atomic E-state index is 0.000831. The van der Waals surface area contributed by atoms with Crippen LogP contribution >= 0.6 is 15.9 Å². The number of halogens is 1. The van der Waals surface area contributed by atoms with Gasteiger partial charge in [0.05, 0.1) is 31.7 Å². The summed E-state index contributed by atoms with van der Waals surface area (Å²) in [6, 6.07) is 6.82. The zero-order chi connectivity index (χ0) is 21.9. The third-order valence-corrected chi connectivity index (χ3v) is 4.14. The van der Waals surface area contributed by atoms with Gasteiger partial charge >= 0.3 is 6.09 Å². The number of anilines is 2. The molecule has 0 saturated heterocycles. The van der Waals surface area contributed by atoms with Gasteiger partial charge in [-0.25, -0.2) is 14.8 Å². The van der Waals surface area contributed by atoms with Crippen molar-refractivity contribution < 1.29 is 29.3 Å². The molecule has 2 amide bonds. The Balaban J connectivity index is 1.85. The lowest BCUT2D eigenvalue weighted by Gasteiger charge is -2.17. The van der Waals surface area contributed by atoms with E-state index in [9.17, 15) is 9.59 Å². The molecular weight excluding hydrogens is 462 g/mol. The molecule has 0 radical (unpaired) electrons. The fourth-order valence-electron chi connectivity index (χ4n) is 2.33. The molecule has 0 saturated carbocycles. The van der Waals surface area contributed by atoms with E-state index in [1.807, 2.05) is 0 Å². The van der Waals surface area contributed by atoms with Crippen molar-refractivity contribution >= 4 is 39.4 Å². The van der Waals surface area contributed by atoms with Gasteiger partial charge in [0, 0.05) is 13.1 Å². The number of para-hydroxylation sites is 2. The lowest BCUT2D eigenvalue weighted by molar-refractivity contribution is 0.0717. The van der Waals surface area contributed by atoms with Crippen molar-refractivity contribution in [2.45, 2.75) is 0 Å². The molecule has 0 aliphatic carbocycles. The molecule has 0 atom stereocenters. The quantitative estimate of drug-likeness (QED) is 0.346. The summed E-state index contributed by atoms with van der Waals surface area (Å²) in [6.45, 7) is 0.453. The summed E-state index contributed by atoms with van der Waals surface area (Å²) >= 11 is 3.15. The number of aromatic nitrogens is 2. The number of nitrogens with two attached hydrogens (primary N) is 1. The topological polar surface area (TPSA) is 160 Å². The van der Waals surface area contributed by atoms with Gasteiger partial charge in [-0.05, 0) is 28.1 Å². The van der Waals surface area contributed by atoms with Crippen LogP contribution in [0.3, 0.4) is 0 Å². The fraction of sp³-hybridized carbons (Fsp3) is 0.333. The number of hydrogen-bond donors (Lipinski definition) is 4. The Bertz CT molecular complexity index is 869. The number of carbonyl (C=O) groups excluding carboxylic acids is 1. The van der Waals surface area contributed by atoms with E-state index in [0.29, 0.717) is 16.0 Å². The standard InChI is InChI=1S/C18H22BrN5O6/c19-14-11-21-16(20)15(23-14)17(26)22-12-3-1-2-4-13(12)30-10-9-29-8-6-24(5-7-25)18(27)28/h1-4,11,25H,5-10H2,(H2,20,21)(H,22,26)(H,27,28). The monoisotopic (exact) mass is 483 g/mol. The van der Waals surface area contributed by atoms with Crippen LogP contribution in [0.2, 0.25) is 0 Å². The van der Waals surface area contributed by atoms with Crippen molar-refractivity contribution in [3.63, 3.8) is 0 Å². The van der Waals surface area contributed by atoms with Gasteiger partial charge in [-0.1, -0.05) is 12.1 Å². The highest BCUT2D eigenvalue weighted by Gasteiger charge is 2.16. The molecule has 1 aromatic carbocycles. The van der Waals surface area contributed by atoms with Crippen molar-refractivity contribution in [2.24, 2.45) is 0 Å². The second kappa shape index (κ2) is 11.9. The summed E-state index contributed by atoms with van der Waals surface area (Å²) in [4.78, 5) is 32.4. The molecule has 0 bridgehead atoms. The van der Waals surface area contributed by atoms with Crippen molar-refractivity contribution in [1.29, 1.82) is 0 Å². The van der Waals surface area contributed by atoms with E-state index >= 15 is 0 Å². The van der Waals surface area contributed by atoms with Crippen LogP contribution in [0.15, 0.2) is 35.1 Å². The van der Waals surface area contributed by atoms with E-state index in [1.165, 1.54) is 6.20 Å². The second-order valence-corrected chi connectivity index (χ2v) is 6.64. The van der Waals surface area contributed by atoms with Gasteiger partial charge in [-0.2, -0.15) is 0 Å². The fourth-order valence-corrected chi connectivity index (χ4v) is 2.61. The number of aliphatic hydroxyl groups excluding tert-OH is 1. The SMILES string of the molecule is Nc1ncc(Br)nc1C(=O)Nc1ccccc1OCCOCCN(CCO)C(=O)O. The van der Waals surface area contributed by atoms with Gasteiger partial charge in [0.15, 0.2) is 11.5 Å². The zero-order valence-corrected chi connectivity index (χ0v) is 17.5. The van der Waals surface area contributed by atoms with E-state index in [0.717, 1.165) is 4.90 Å². The highest BCUT2D eigenvalue weighted by Crippen LogP contribution is 2.24. The number of benzene rings is 1. The molecule has 2 rings (SSSR count). The summed E-state index contributed by atoms with van der Waals surface area (Å²) in [7, 11) is 0. The number of carbonyl (C=O) groups is 2. The summed E-state index contributed by atoms with van der Waals surface area (Å²) in [5, 5.41) is 20.5. The molecule has 12 heteroatoms. The molecule has 0 unspecified atom stereocenters. The van der Waals surface area contributed by atoms with Gasteiger partial charge in [0.2, 0.25) is 0 Å². The van der Waals surface area contributed by atoms with Crippen LogP contribution in [0.5, 0.6) is 5.75 Å². The predicted molar refractivity (Wildman–Crippen MR) is 112 cm³/mol. The number of rotatable bonds is 11. The highest BCUT2D eigenvalue weighted by atomic mass is 79.9. The Hall–Kier alpha value is -2.96. The maximum Gasteiger partial charge on any atom is 0.407 e. The van der Waals surface area contributed by atoms with Gasteiger partial charge in [-0.15, -0.1) is 0 Å². The first-order valence-corrected chi connectivity index (χ1v) is 9.69. The number of aliphatic hydroxyl groups is 1. The van der Waals surface area contributed by atoms with Crippen molar-refractivity contribution in [3.05, 3.63) is 40.8 Å². The Morgan fingerprint density at radius 1 is 1.20 bits per heavy atom. The van der Waals surface area contributed by atoms with E-state index in [-0.39, 0.29) is 51.0 Å². The molecule has 0 aliphatic heterocycles. The van der Waals surface area contributed by atoms with E-state index in [4.69, 9.17) is 25.4 Å². The third kappa shape index (κ3) is 7.13. The molecular formula is C18H22BrN5O6. The zero-order valence-electron chi connectivity index (χ0n) is 16.0. The molecule has 2 aromatic rings. The molecule has 1 aromatic heterocycles. The molecule has 0 spiro atoms. The van der Waals surface area contributed by atoms with Crippen LogP contribution in [0, 0.1) is 0 Å². The first-order valence-electron chi connectivity index (χ1n) is 8.90. The van der Waals surface area contributed by atoms with Crippen LogP contribution < -0.4 is 15.8 Å². The van der Waals surface area contributed by atoms with Crippen molar-refractivity contribution in [3.8, 4) is 5.75 Å². The summed E-state index contributed by atoms with van der Waals surface area (Å²) in [5.74, 6) is -0.117. The number of amides is 2. The molecule has 0 fully saturated rings. The van der Waals surface area contributed by atoms with E-state index in [1.54, 1.807) is 24.3 Å². The first-order chi connectivity index (χ1) is 14.4. The van der Waals surface area contributed by atoms with Gasteiger partial charge in [0.1, 0.15) is 17.0 Å². The van der Waals surface area contributed by atoms with Gasteiger partial charge in [0.25, 0.3) is 5.91 Å². The highest BCUT2D eigenvalue weighted by molar-refractivity contribution is 9.10. The first kappa shape index (κ1) is 23.3. The normalized spacial score (nSPS) is 10.5.